The van der Waals surface area contributed by atoms with Crippen LogP contribution in [0.25, 0.3) is 0 Å². The van der Waals surface area contributed by atoms with E-state index in [0.29, 0.717) is 0 Å². The van der Waals surface area contributed by atoms with Gasteiger partial charge >= 0.3 is 0 Å². The molecule has 0 aliphatic carbocycles. The molecule has 1 unspecified atom stereocenters. The number of hydrogen-bond donors (Lipinski definition) is 1. The van der Waals surface area contributed by atoms with Gasteiger partial charge in [-0.25, -0.2) is 4.98 Å². The molecule has 2 aromatic rings. The molecule has 1 N–H and O–H groups in total. The van der Waals surface area contributed by atoms with Gasteiger partial charge in [-0.2, -0.15) is 0 Å². The molecule has 2 rings (SSSR count). The van der Waals surface area contributed by atoms with E-state index in [4.69, 9.17) is 0 Å². The molecule has 2 heterocycles. The minimum atomic E-state index is 0.223. The van der Waals surface area contributed by atoms with Crippen molar-refractivity contribution in [3.05, 3.63) is 47.8 Å². The second-order valence-electron chi connectivity index (χ2n) is 4.87. The number of nitrogens with one attached hydrogen (secondary N) is 1. The Morgan fingerprint density at radius 1 is 1.37 bits per heavy atom. The summed E-state index contributed by atoms with van der Waals surface area (Å²) in [7, 11) is 2.03. The first-order valence-corrected chi connectivity index (χ1v) is 6.84. The van der Waals surface area contributed by atoms with Crippen LogP contribution in [0.5, 0.6) is 0 Å². The normalized spacial score (nSPS) is 12.6. The van der Waals surface area contributed by atoms with Crippen LogP contribution in [0.4, 0.5) is 0 Å². The summed E-state index contributed by atoms with van der Waals surface area (Å²) in [5.41, 5.74) is 2.15. The standard InChI is InChI=1S/C15H22N4/c1-4-8-16-14(11-15-17-9-10-19(15)3)13-7-5-6-12(2)18-13/h5-7,9-10,14,16H,4,8,11H2,1-3H3. The van der Waals surface area contributed by atoms with Crippen LogP contribution >= 0.6 is 0 Å². The van der Waals surface area contributed by atoms with E-state index in [1.165, 1.54) is 0 Å². The smallest absolute Gasteiger partial charge is 0.110 e. The van der Waals surface area contributed by atoms with Gasteiger partial charge in [0.1, 0.15) is 5.82 Å². The van der Waals surface area contributed by atoms with Crippen molar-refractivity contribution in [3.63, 3.8) is 0 Å². The molecular weight excluding hydrogens is 236 g/mol. The molecule has 19 heavy (non-hydrogen) atoms. The number of nitrogens with zero attached hydrogens (tertiary/aromatic N) is 3. The highest BCUT2D eigenvalue weighted by Crippen LogP contribution is 2.16. The van der Waals surface area contributed by atoms with Crippen molar-refractivity contribution in [1.82, 2.24) is 19.9 Å². The molecule has 0 amide bonds. The first-order valence-electron chi connectivity index (χ1n) is 6.84. The largest absolute Gasteiger partial charge is 0.338 e. The highest BCUT2D eigenvalue weighted by molar-refractivity contribution is 5.15. The van der Waals surface area contributed by atoms with Gasteiger partial charge in [0.05, 0.1) is 11.7 Å². The predicted molar refractivity (Wildman–Crippen MR) is 76.9 cm³/mol. The van der Waals surface area contributed by atoms with Gasteiger partial charge in [0.15, 0.2) is 0 Å². The minimum Gasteiger partial charge on any atom is -0.338 e. The third-order valence-corrected chi connectivity index (χ3v) is 3.22. The predicted octanol–water partition coefficient (Wildman–Crippen LogP) is 2.41. The monoisotopic (exact) mass is 258 g/mol. The Labute approximate surface area is 114 Å². The molecule has 4 heteroatoms. The Balaban J connectivity index is 2.18. The summed E-state index contributed by atoms with van der Waals surface area (Å²) in [5, 5.41) is 3.56. The second kappa shape index (κ2) is 6.48. The number of aryl methyl sites for hydroxylation is 2. The van der Waals surface area contributed by atoms with E-state index in [2.05, 4.69) is 38.9 Å². The summed E-state index contributed by atoms with van der Waals surface area (Å²) in [6.07, 6.45) is 5.80. The van der Waals surface area contributed by atoms with Crippen LogP contribution < -0.4 is 5.32 Å². The van der Waals surface area contributed by atoms with Gasteiger partial charge in [-0.1, -0.05) is 13.0 Å². The third kappa shape index (κ3) is 3.64. The van der Waals surface area contributed by atoms with E-state index in [1.807, 2.05) is 32.4 Å². The van der Waals surface area contributed by atoms with Gasteiger partial charge in [0, 0.05) is 31.6 Å². The Morgan fingerprint density at radius 2 is 2.21 bits per heavy atom. The zero-order valence-electron chi connectivity index (χ0n) is 11.9. The number of pyridine rings is 1. The lowest BCUT2D eigenvalue weighted by Gasteiger charge is -2.18. The minimum absolute atomic E-state index is 0.223. The SMILES string of the molecule is CCCNC(Cc1nccn1C)c1cccc(C)n1. The lowest BCUT2D eigenvalue weighted by molar-refractivity contribution is 0.500. The van der Waals surface area contributed by atoms with Gasteiger partial charge in [-0.3, -0.25) is 4.98 Å². The van der Waals surface area contributed by atoms with Crippen molar-refractivity contribution in [3.8, 4) is 0 Å². The Kier molecular flexibility index (Phi) is 4.68. The van der Waals surface area contributed by atoms with Crippen molar-refractivity contribution in [2.75, 3.05) is 6.54 Å². The molecule has 0 aliphatic rings. The first kappa shape index (κ1) is 13.7. The molecule has 0 spiro atoms. The zero-order chi connectivity index (χ0) is 13.7. The molecule has 0 saturated carbocycles. The van der Waals surface area contributed by atoms with Crippen LogP contribution in [-0.4, -0.2) is 21.1 Å². The topological polar surface area (TPSA) is 42.7 Å². The van der Waals surface area contributed by atoms with E-state index in [9.17, 15) is 0 Å². The van der Waals surface area contributed by atoms with E-state index in [-0.39, 0.29) is 6.04 Å². The molecule has 0 fully saturated rings. The fourth-order valence-electron chi connectivity index (χ4n) is 2.13. The summed E-state index contributed by atoms with van der Waals surface area (Å²) in [6, 6.07) is 6.40. The summed E-state index contributed by atoms with van der Waals surface area (Å²) >= 11 is 0. The van der Waals surface area contributed by atoms with Gasteiger partial charge in [0.2, 0.25) is 0 Å². The van der Waals surface area contributed by atoms with Crippen molar-refractivity contribution in [1.29, 1.82) is 0 Å². The fraction of sp³-hybridized carbons (Fsp3) is 0.467. The Bertz CT molecular complexity index is 518. The first-order chi connectivity index (χ1) is 9.20. The Hall–Kier alpha value is -1.68. The van der Waals surface area contributed by atoms with Crippen LogP contribution in [0.1, 0.15) is 36.6 Å². The van der Waals surface area contributed by atoms with Crippen molar-refractivity contribution in [2.45, 2.75) is 32.7 Å². The molecule has 4 nitrogen and oxygen atoms in total. The molecular formula is C15H22N4. The number of aromatic nitrogens is 3. The zero-order valence-corrected chi connectivity index (χ0v) is 11.9. The molecule has 2 aromatic heterocycles. The summed E-state index contributed by atoms with van der Waals surface area (Å²) in [6.45, 7) is 5.19. The van der Waals surface area contributed by atoms with Crippen molar-refractivity contribution < 1.29 is 0 Å². The summed E-state index contributed by atoms with van der Waals surface area (Å²) in [5.74, 6) is 1.08. The highest BCUT2D eigenvalue weighted by Gasteiger charge is 2.15. The average Bonchev–Trinajstić information content (AvgIpc) is 2.80. The molecule has 102 valence electrons. The van der Waals surface area contributed by atoms with Gasteiger partial charge < -0.3 is 9.88 Å². The number of rotatable bonds is 6. The molecule has 0 aliphatic heterocycles. The van der Waals surface area contributed by atoms with Crippen LogP contribution in [0, 0.1) is 6.92 Å². The van der Waals surface area contributed by atoms with E-state index in [1.54, 1.807) is 0 Å². The summed E-state index contributed by atoms with van der Waals surface area (Å²) < 4.78 is 2.07. The summed E-state index contributed by atoms with van der Waals surface area (Å²) in [4.78, 5) is 9.04. The molecule has 0 aromatic carbocycles. The van der Waals surface area contributed by atoms with E-state index >= 15 is 0 Å². The third-order valence-electron chi connectivity index (χ3n) is 3.22. The average molecular weight is 258 g/mol. The Morgan fingerprint density at radius 3 is 2.84 bits per heavy atom. The second-order valence-corrected chi connectivity index (χ2v) is 4.87. The molecule has 1 atom stereocenters. The maximum Gasteiger partial charge on any atom is 0.110 e. The van der Waals surface area contributed by atoms with Crippen LogP contribution in [0.15, 0.2) is 30.6 Å². The van der Waals surface area contributed by atoms with Gasteiger partial charge in [0.25, 0.3) is 0 Å². The van der Waals surface area contributed by atoms with Crippen LogP contribution in [0.3, 0.4) is 0 Å². The van der Waals surface area contributed by atoms with Crippen molar-refractivity contribution >= 4 is 0 Å². The van der Waals surface area contributed by atoms with Crippen molar-refractivity contribution in [2.24, 2.45) is 7.05 Å². The molecule has 0 bridgehead atoms. The van der Waals surface area contributed by atoms with Crippen LogP contribution in [-0.2, 0) is 13.5 Å². The number of imidazole rings is 1. The highest BCUT2D eigenvalue weighted by atomic mass is 15.0. The van der Waals surface area contributed by atoms with Crippen LogP contribution in [0.2, 0.25) is 0 Å². The quantitative estimate of drug-likeness (QED) is 0.865. The van der Waals surface area contributed by atoms with E-state index < -0.39 is 0 Å². The van der Waals surface area contributed by atoms with Gasteiger partial charge in [-0.05, 0) is 32.0 Å². The maximum absolute atomic E-state index is 4.64. The lowest BCUT2D eigenvalue weighted by Crippen LogP contribution is -2.26. The van der Waals surface area contributed by atoms with E-state index in [0.717, 1.165) is 36.6 Å². The fourth-order valence-corrected chi connectivity index (χ4v) is 2.13. The lowest BCUT2D eigenvalue weighted by atomic mass is 10.1. The number of hydrogen-bond acceptors (Lipinski definition) is 3. The molecule has 0 saturated heterocycles. The maximum atomic E-state index is 4.64. The molecule has 0 radical (unpaired) electrons. The van der Waals surface area contributed by atoms with Gasteiger partial charge in [-0.15, -0.1) is 0 Å².